The average Bonchev–Trinajstić information content (AvgIpc) is 2.72. The van der Waals surface area contributed by atoms with Gasteiger partial charge in [-0.05, 0) is 60.2 Å². The molecule has 1 amide bonds. The molecule has 0 atom stereocenters. The van der Waals surface area contributed by atoms with E-state index in [0.29, 0.717) is 15.6 Å². The van der Waals surface area contributed by atoms with Crippen molar-refractivity contribution in [1.29, 1.82) is 0 Å². The maximum Gasteiger partial charge on any atom is 0.264 e. The van der Waals surface area contributed by atoms with E-state index in [0.717, 1.165) is 4.31 Å². The Morgan fingerprint density at radius 2 is 1.60 bits per heavy atom. The molecule has 0 saturated carbocycles. The van der Waals surface area contributed by atoms with Crippen LogP contribution in [-0.2, 0) is 21.4 Å². The summed E-state index contributed by atoms with van der Waals surface area (Å²) in [4.78, 5) is 12.5. The SMILES string of the molecule is O=C(CN(c1cccc(Cl)c1)S(=O)(=O)c1ccc(Cl)cc1)NCc1ccc(F)cc1. The van der Waals surface area contributed by atoms with Crippen molar-refractivity contribution in [2.24, 2.45) is 0 Å². The Morgan fingerprint density at radius 3 is 2.23 bits per heavy atom. The minimum absolute atomic E-state index is 0.0155. The molecule has 0 spiro atoms. The van der Waals surface area contributed by atoms with Gasteiger partial charge in [0.25, 0.3) is 10.0 Å². The number of carbonyl (C=O) groups is 1. The topological polar surface area (TPSA) is 66.5 Å². The Hall–Kier alpha value is -2.61. The van der Waals surface area contributed by atoms with Gasteiger partial charge in [-0.3, -0.25) is 9.10 Å². The van der Waals surface area contributed by atoms with Crippen molar-refractivity contribution >= 4 is 44.8 Å². The van der Waals surface area contributed by atoms with Crippen LogP contribution in [0.2, 0.25) is 10.0 Å². The van der Waals surface area contributed by atoms with Crippen molar-refractivity contribution in [2.45, 2.75) is 11.4 Å². The lowest BCUT2D eigenvalue weighted by molar-refractivity contribution is -0.119. The molecule has 156 valence electrons. The van der Waals surface area contributed by atoms with Crippen molar-refractivity contribution < 1.29 is 17.6 Å². The van der Waals surface area contributed by atoms with Gasteiger partial charge in [0.2, 0.25) is 5.91 Å². The highest BCUT2D eigenvalue weighted by Crippen LogP contribution is 2.26. The monoisotopic (exact) mass is 466 g/mol. The molecule has 0 aliphatic carbocycles. The van der Waals surface area contributed by atoms with Crippen molar-refractivity contribution in [2.75, 3.05) is 10.8 Å². The Balaban J connectivity index is 1.85. The smallest absolute Gasteiger partial charge is 0.264 e. The van der Waals surface area contributed by atoms with Gasteiger partial charge in [-0.2, -0.15) is 0 Å². The summed E-state index contributed by atoms with van der Waals surface area (Å²) in [6.07, 6.45) is 0. The Labute approximate surface area is 184 Å². The van der Waals surface area contributed by atoms with E-state index in [1.165, 1.54) is 54.6 Å². The molecule has 0 unspecified atom stereocenters. The van der Waals surface area contributed by atoms with E-state index < -0.39 is 22.5 Å². The molecule has 0 aromatic heterocycles. The van der Waals surface area contributed by atoms with Crippen LogP contribution in [0.15, 0.2) is 77.7 Å². The molecule has 5 nitrogen and oxygen atoms in total. The van der Waals surface area contributed by atoms with E-state index in [9.17, 15) is 17.6 Å². The minimum atomic E-state index is -4.07. The van der Waals surface area contributed by atoms with Crippen molar-refractivity contribution in [1.82, 2.24) is 5.32 Å². The zero-order chi connectivity index (χ0) is 21.7. The molecular formula is C21H17Cl2FN2O3S. The number of anilines is 1. The standard InChI is InChI=1S/C21H17Cl2FN2O3S/c22-16-6-10-20(11-7-16)30(28,29)26(19-3-1-2-17(23)12-19)14-21(27)25-13-15-4-8-18(24)9-5-15/h1-12H,13-14H2,(H,25,27). The van der Waals surface area contributed by atoms with E-state index in [1.807, 2.05) is 0 Å². The molecule has 9 heteroatoms. The average molecular weight is 467 g/mol. The Bertz CT molecular complexity index is 1140. The lowest BCUT2D eigenvalue weighted by Gasteiger charge is -2.24. The molecular weight excluding hydrogens is 450 g/mol. The number of hydrogen-bond acceptors (Lipinski definition) is 3. The fourth-order valence-corrected chi connectivity index (χ4v) is 4.39. The molecule has 0 radical (unpaired) electrons. The first-order valence-electron chi connectivity index (χ1n) is 8.81. The maximum atomic E-state index is 13.2. The van der Waals surface area contributed by atoms with Gasteiger partial charge in [-0.1, -0.05) is 41.4 Å². The highest BCUT2D eigenvalue weighted by atomic mass is 35.5. The van der Waals surface area contributed by atoms with E-state index >= 15 is 0 Å². The van der Waals surface area contributed by atoms with Crippen LogP contribution < -0.4 is 9.62 Å². The fraction of sp³-hybridized carbons (Fsp3) is 0.0952. The maximum absolute atomic E-state index is 13.2. The van der Waals surface area contributed by atoms with Crippen LogP contribution in [-0.4, -0.2) is 20.9 Å². The predicted molar refractivity (Wildman–Crippen MR) is 116 cm³/mol. The van der Waals surface area contributed by atoms with Crippen LogP contribution in [0.3, 0.4) is 0 Å². The summed E-state index contributed by atoms with van der Waals surface area (Å²) in [6.45, 7) is -0.337. The molecule has 0 aliphatic rings. The van der Waals surface area contributed by atoms with Crippen LogP contribution in [0, 0.1) is 5.82 Å². The molecule has 0 aliphatic heterocycles. The third-order valence-electron chi connectivity index (χ3n) is 4.19. The van der Waals surface area contributed by atoms with Crippen molar-refractivity contribution in [3.05, 3.63) is 94.2 Å². The Kier molecular flexibility index (Phi) is 6.97. The van der Waals surface area contributed by atoms with E-state index in [1.54, 1.807) is 18.2 Å². The third kappa shape index (κ3) is 5.50. The number of nitrogens with one attached hydrogen (secondary N) is 1. The summed E-state index contributed by atoms with van der Waals surface area (Å²) in [5.74, 6) is -0.914. The highest BCUT2D eigenvalue weighted by Gasteiger charge is 2.27. The first-order chi connectivity index (χ1) is 14.3. The number of rotatable bonds is 7. The molecule has 0 saturated heterocycles. The molecule has 3 aromatic carbocycles. The fourth-order valence-electron chi connectivity index (χ4n) is 2.67. The van der Waals surface area contributed by atoms with Gasteiger partial charge in [0.1, 0.15) is 12.4 Å². The van der Waals surface area contributed by atoms with E-state index in [4.69, 9.17) is 23.2 Å². The molecule has 3 aromatic rings. The highest BCUT2D eigenvalue weighted by molar-refractivity contribution is 7.92. The number of nitrogens with zero attached hydrogens (tertiary/aromatic N) is 1. The van der Waals surface area contributed by atoms with Crippen molar-refractivity contribution in [3.8, 4) is 0 Å². The van der Waals surface area contributed by atoms with Crippen LogP contribution in [0.5, 0.6) is 0 Å². The van der Waals surface area contributed by atoms with Crippen LogP contribution in [0.25, 0.3) is 0 Å². The molecule has 0 bridgehead atoms. The van der Waals surface area contributed by atoms with Gasteiger partial charge >= 0.3 is 0 Å². The van der Waals surface area contributed by atoms with E-state index in [-0.39, 0.29) is 22.9 Å². The number of benzene rings is 3. The zero-order valence-electron chi connectivity index (χ0n) is 15.6. The molecule has 1 N–H and O–H groups in total. The summed E-state index contributed by atoms with van der Waals surface area (Å²) in [5, 5.41) is 3.36. The first kappa shape index (κ1) is 22.1. The number of carbonyl (C=O) groups excluding carboxylic acids is 1. The number of amides is 1. The summed E-state index contributed by atoms with van der Waals surface area (Å²) < 4.78 is 40.4. The van der Waals surface area contributed by atoms with Gasteiger partial charge < -0.3 is 5.32 Å². The normalized spacial score (nSPS) is 11.2. The second-order valence-electron chi connectivity index (χ2n) is 6.35. The summed E-state index contributed by atoms with van der Waals surface area (Å²) in [7, 11) is -4.07. The van der Waals surface area contributed by atoms with Gasteiger partial charge in [0.15, 0.2) is 0 Å². The summed E-state index contributed by atoms with van der Waals surface area (Å²) in [5.41, 5.74) is 0.925. The van der Waals surface area contributed by atoms with Gasteiger partial charge in [-0.25, -0.2) is 12.8 Å². The minimum Gasteiger partial charge on any atom is -0.350 e. The van der Waals surface area contributed by atoms with Gasteiger partial charge in [0, 0.05) is 16.6 Å². The number of halogens is 3. The lowest BCUT2D eigenvalue weighted by atomic mass is 10.2. The quantitative estimate of drug-likeness (QED) is 0.551. The van der Waals surface area contributed by atoms with Crippen LogP contribution in [0.1, 0.15) is 5.56 Å². The van der Waals surface area contributed by atoms with E-state index in [2.05, 4.69) is 5.32 Å². The number of sulfonamides is 1. The molecule has 0 fully saturated rings. The molecule has 30 heavy (non-hydrogen) atoms. The third-order valence-corrected chi connectivity index (χ3v) is 6.46. The second kappa shape index (κ2) is 9.47. The second-order valence-corrected chi connectivity index (χ2v) is 9.08. The zero-order valence-corrected chi connectivity index (χ0v) is 17.9. The first-order valence-corrected chi connectivity index (χ1v) is 11.0. The predicted octanol–water partition coefficient (Wildman–Crippen LogP) is 4.64. The van der Waals surface area contributed by atoms with Crippen LogP contribution in [0.4, 0.5) is 10.1 Å². The van der Waals surface area contributed by atoms with Crippen LogP contribution >= 0.6 is 23.2 Å². The molecule has 0 heterocycles. The Morgan fingerprint density at radius 1 is 0.933 bits per heavy atom. The summed E-state index contributed by atoms with van der Waals surface area (Å²) in [6, 6.07) is 17.5. The number of hydrogen-bond donors (Lipinski definition) is 1. The van der Waals surface area contributed by atoms with Gasteiger partial charge in [0.05, 0.1) is 10.6 Å². The van der Waals surface area contributed by atoms with Gasteiger partial charge in [-0.15, -0.1) is 0 Å². The molecule has 3 rings (SSSR count). The lowest BCUT2D eigenvalue weighted by Crippen LogP contribution is -2.40. The largest absolute Gasteiger partial charge is 0.350 e. The summed E-state index contributed by atoms with van der Waals surface area (Å²) >= 11 is 11.9. The van der Waals surface area contributed by atoms with Crippen molar-refractivity contribution in [3.63, 3.8) is 0 Å².